The van der Waals surface area contributed by atoms with Gasteiger partial charge in [-0.25, -0.2) is 8.78 Å². The van der Waals surface area contributed by atoms with Gasteiger partial charge in [-0.15, -0.1) is 0 Å². The minimum absolute atomic E-state index is 0.113. The zero-order valence-corrected chi connectivity index (χ0v) is 23.3. The normalized spacial score (nSPS) is 19.3. The van der Waals surface area contributed by atoms with E-state index in [1.165, 1.54) is 18.2 Å². The Labute approximate surface area is 240 Å². The van der Waals surface area contributed by atoms with Gasteiger partial charge in [0.2, 0.25) is 5.91 Å². The van der Waals surface area contributed by atoms with Crippen LogP contribution in [-0.4, -0.2) is 60.7 Å². The fraction of sp³-hybridized carbons (Fsp3) is 0.500. The smallest absolute Gasteiger partial charge is 0.365 e. The van der Waals surface area contributed by atoms with Crippen LogP contribution in [-0.2, 0) is 11.3 Å². The summed E-state index contributed by atoms with van der Waals surface area (Å²) in [5, 5.41) is 5.54. The van der Waals surface area contributed by atoms with E-state index in [9.17, 15) is 27.2 Å². The number of nitrogens with one attached hydrogen (secondary N) is 2. The molecule has 1 saturated carbocycles. The van der Waals surface area contributed by atoms with E-state index in [0.29, 0.717) is 43.2 Å². The van der Waals surface area contributed by atoms with Crippen molar-refractivity contribution in [3.8, 4) is 0 Å². The van der Waals surface area contributed by atoms with Crippen LogP contribution in [0.1, 0.15) is 54.9 Å². The molecule has 2 fully saturated rings. The maximum absolute atomic E-state index is 15.0. The van der Waals surface area contributed by atoms with Crippen LogP contribution in [0.4, 0.5) is 33.3 Å². The Morgan fingerprint density at radius 2 is 1.80 bits per heavy atom. The fourth-order valence-electron chi connectivity index (χ4n) is 5.40. The highest BCUT2D eigenvalue weighted by Gasteiger charge is 2.37. The summed E-state index contributed by atoms with van der Waals surface area (Å²) in [6.07, 6.45) is -2.46. The lowest BCUT2D eigenvalue weighted by molar-refractivity contribution is -0.138. The lowest BCUT2D eigenvalue weighted by atomic mass is 9.98. The van der Waals surface area contributed by atoms with Crippen molar-refractivity contribution in [1.82, 2.24) is 10.2 Å². The molecular formula is C28H33ClF5N5O2. The van der Waals surface area contributed by atoms with Crippen molar-refractivity contribution in [2.24, 2.45) is 5.73 Å². The number of anilines is 2. The summed E-state index contributed by atoms with van der Waals surface area (Å²) in [6, 6.07) is 6.82. The van der Waals surface area contributed by atoms with E-state index in [1.807, 2.05) is 11.8 Å². The number of hydrogen-bond acceptors (Lipinski definition) is 5. The van der Waals surface area contributed by atoms with Gasteiger partial charge in [0.1, 0.15) is 0 Å². The molecule has 4 rings (SSSR count). The van der Waals surface area contributed by atoms with E-state index in [4.69, 9.17) is 17.3 Å². The molecule has 2 aromatic carbocycles. The second-order valence-electron chi connectivity index (χ2n) is 10.8. The molecule has 0 bridgehead atoms. The molecule has 1 saturated heterocycles. The number of piperazine rings is 1. The van der Waals surface area contributed by atoms with E-state index >= 15 is 4.39 Å². The van der Waals surface area contributed by atoms with Gasteiger partial charge in [0.15, 0.2) is 11.6 Å². The van der Waals surface area contributed by atoms with Gasteiger partial charge in [-0.2, -0.15) is 13.2 Å². The maximum atomic E-state index is 15.0. The third kappa shape index (κ3) is 7.47. The summed E-state index contributed by atoms with van der Waals surface area (Å²) in [4.78, 5) is 29.1. The van der Waals surface area contributed by atoms with Gasteiger partial charge in [0.05, 0.1) is 28.9 Å². The molecule has 1 atom stereocenters. The SMILES string of the molecule is C[C@@H]1CN(CCC(F)(F)F)CCN1c1cc(Cl)ccc1NC(=O)c1ccc(CNC(=O)C2(N)CCCC2)c(F)c1F. The molecule has 7 nitrogen and oxygen atoms in total. The standard InChI is InChI=1S/C28H33ClF5N5O2/c1-17-16-38(11-10-28(32,33)34)12-13-39(17)22-14-19(29)5-7-21(22)37-25(40)20-6-4-18(23(30)24(20)31)15-36-26(41)27(35)8-2-3-9-27/h4-7,14,17H,2-3,8-13,15-16,35H2,1H3,(H,36,41)(H,37,40)/t17-/m1/s1. The Kier molecular flexibility index (Phi) is 9.45. The molecule has 0 radical (unpaired) electrons. The first-order valence-electron chi connectivity index (χ1n) is 13.5. The van der Waals surface area contributed by atoms with Crippen LogP contribution in [0, 0.1) is 11.6 Å². The average molecular weight is 602 g/mol. The molecule has 13 heteroatoms. The Hall–Kier alpha value is -2.96. The van der Waals surface area contributed by atoms with E-state index in [1.54, 1.807) is 11.0 Å². The minimum Gasteiger partial charge on any atom is -0.365 e. The number of halogens is 6. The quantitative estimate of drug-likeness (QED) is 0.361. The lowest BCUT2D eigenvalue weighted by Crippen LogP contribution is -2.52. The van der Waals surface area contributed by atoms with Crippen molar-refractivity contribution in [1.29, 1.82) is 0 Å². The number of nitrogens with zero attached hydrogens (tertiary/aromatic N) is 2. The first kappa shape index (κ1) is 31.0. The average Bonchev–Trinajstić information content (AvgIpc) is 3.36. The first-order chi connectivity index (χ1) is 19.3. The second kappa shape index (κ2) is 12.5. The predicted octanol–water partition coefficient (Wildman–Crippen LogP) is 5.22. The van der Waals surface area contributed by atoms with Crippen LogP contribution in [0.15, 0.2) is 30.3 Å². The minimum atomic E-state index is -4.24. The molecule has 1 aliphatic carbocycles. The predicted molar refractivity (Wildman–Crippen MR) is 147 cm³/mol. The van der Waals surface area contributed by atoms with Gasteiger partial charge in [-0.3, -0.25) is 14.5 Å². The van der Waals surface area contributed by atoms with Gasteiger partial charge in [-0.05, 0) is 44.0 Å². The topological polar surface area (TPSA) is 90.7 Å². The molecule has 224 valence electrons. The van der Waals surface area contributed by atoms with E-state index < -0.39 is 47.1 Å². The van der Waals surface area contributed by atoms with Crippen LogP contribution >= 0.6 is 11.6 Å². The van der Waals surface area contributed by atoms with E-state index in [0.717, 1.165) is 18.9 Å². The highest BCUT2D eigenvalue weighted by Crippen LogP contribution is 2.33. The molecule has 2 aliphatic rings. The Morgan fingerprint density at radius 1 is 1.10 bits per heavy atom. The number of carbonyl (C=O) groups excluding carboxylic acids is 2. The van der Waals surface area contributed by atoms with Crippen LogP contribution < -0.4 is 21.3 Å². The summed E-state index contributed by atoms with van der Waals surface area (Å²) in [5.41, 5.74) is 5.23. The molecule has 41 heavy (non-hydrogen) atoms. The lowest BCUT2D eigenvalue weighted by Gasteiger charge is -2.42. The molecule has 1 aliphatic heterocycles. The van der Waals surface area contributed by atoms with E-state index in [2.05, 4.69) is 10.6 Å². The number of alkyl halides is 3. The number of benzene rings is 2. The molecule has 2 amide bonds. The fourth-order valence-corrected chi connectivity index (χ4v) is 5.57. The van der Waals surface area contributed by atoms with Gasteiger partial charge >= 0.3 is 6.18 Å². The Morgan fingerprint density at radius 3 is 2.46 bits per heavy atom. The van der Waals surface area contributed by atoms with Crippen molar-refractivity contribution in [2.45, 2.75) is 63.3 Å². The maximum Gasteiger partial charge on any atom is 0.390 e. The zero-order valence-electron chi connectivity index (χ0n) is 22.6. The van der Waals surface area contributed by atoms with Gasteiger partial charge < -0.3 is 21.3 Å². The Balaban J connectivity index is 1.45. The first-order valence-corrected chi connectivity index (χ1v) is 13.9. The van der Waals surface area contributed by atoms with Gasteiger partial charge in [-0.1, -0.05) is 30.5 Å². The molecule has 0 unspecified atom stereocenters. The molecule has 0 aromatic heterocycles. The summed E-state index contributed by atoms with van der Waals surface area (Å²) in [5.74, 6) is -3.94. The van der Waals surface area contributed by atoms with Gasteiger partial charge in [0, 0.05) is 49.4 Å². The number of rotatable bonds is 8. The van der Waals surface area contributed by atoms with Gasteiger partial charge in [0.25, 0.3) is 5.91 Å². The summed E-state index contributed by atoms with van der Waals surface area (Å²) in [6.45, 7) is 2.55. The second-order valence-corrected chi connectivity index (χ2v) is 11.2. The van der Waals surface area contributed by atoms with Crippen molar-refractivity contribution in [3.05, 3.63) is 58.1 Å². The number of nitrogens with two attached hydrogens (primary N) is 1. The molecule has 2 aromatic rings. The van der Waals surface area contributed by atoms with Crippen molar-refractivity contribution in [3.63, 3.8) is 0 Å². The Bertz CT molecular complexity index is 1290. The molecular weight excluding hydrogens is 569 g/mol. The summed E-state index contributed by atoms with van der Waals surface area (Å²) >= 11 is 6.21. The van der Waals surface area contributed by atoms with Crippen LogP contribution in [0.5, 0.6) is 0 Å². The summed E-state index contributed by atoms with van der Waals surface area (Å²) < 4.78 is 67.9. The van der Waals surface area contributed by atoms with Crippen LogP contribution in [0.3, 0.4) is 0 Å². The highest BCUT2D eigenvalue weighted by molar-refractivity contribution is 6.31. The largest absolute Gasteiger partial charge is 0.390 e. The summed E-state index contributed by atoms with van der Waals surface area (Å²) in [7, 11) is 0. The monoisotopic (exact) mass is 601 g/mol. The highest BCUT2D eigenvalue weighted by atomic mass is 35.5. The molecule has 0 spiro atoms. The van der Waals surface area contributed by atoms with Crippen molar-refractivity contribution >= 4 is 34.8 Å². The van der Waals surface area contributed by atoms with Crippen molar-refractivity contribution in [2.75, 3.05) is 36.4 Å². The third-order valence-corrected chi connectivity index (χ3v) is 7.97. The third-order valence-electron chi connectivity index (χ3n) is 7.73. The molecule has 4 N–H and O–H groups in total. The molecule has 1 heterocycles. The van der Waals surface area contributed by atoms with E-state index in [-0.39, 0.29) is 30.4 Å². The van der Waals surface area contributed by atoms with Crippen molar-refractivity contribution < 1.29 is 31.5 Å². The zero-order chi connectivity index (χ0) is 29.9. The number of carbonyl (C=O) groups is 2. The number of hydrogen-bond donors (Lipinski definition) is 3. The van der Waals surface area contributed by atoms with Crippen LogP contribution in [0.25, 0.3) is 0 Å². The number of amides is 2. The van der Waals surface area contributed by atoms with Crippen LogP contribution in [0.2, 0.25) is 5.02 Å².